The van der Waals surface area contributed by atoms with Gasteiger partial charge in [-0.25, -0.2) is 9.97 Å². The smallest absolute Gasteiger partial charge is 0.0973 e. The van der Waals surface area contributed by atoms with Crippen LogP contribution in [0.4, 0.5) is 0 Å². The highest BCUT2D eigenvalue weighted by molar-refractivity contribution is 9.10. The van der Waals surface area contributed by atoms with Gasteiger partial charge in [0, 0.05) is 19.7 Å². The van der Waals surface area contributed by atoms with Crippen molar-refractivity contribution in [3.05, 3.63) is 69.6 Å². The van der Waals surface area contributed by atoms with Crippen molar-refractivity contribution in [2.75, 3.05) is 0 Å². The van der Waals surface area contributed by atoms with Crippen molar-refractivity contribution >= 4 is 75.5 Å². The minimum atomic E-state index is 0.925. The average Bonchev–Trinajstić information content (AvgIpc) is 2.59. The van der Waals surface area contributed by atoms with Crippen molar-refractivity contribution < 1.29 is 0 Å². The molecule has 4 heteroatoms. The van der Waals surface area contributed by atoms with Crippen LogP contribution in [0.3, 0.4) is 0 Å². The quantitative estimate of drug-likeness (QED) is 0.201. The molecule has 0 saturated heterocycles. The summed E-state index contributed by atoms with van der Waals surface area (Å²) in [5, 5.41) is 4.57. The van der Waals surface area contributed by atoms with Gasteiger partial charge in [0.25, 0.3) is 0 Å². The molecule has 0 N–H and O–H groups in total. The first kappa shape index (κ1) is 14.3. The molecule has 0 radical (unpaired) electrons. The fraction of sp³-hybridized carbons (Fsp3) is 0. The summed E-state index contributed by atoms with van der Waals surface area (Å²) < 4.78 is 2.14. The van der Waals surface area contributed by atoms with Gasteiger partial charge in [0.15, 0.2) is 0 Å². The molecule has 1 heterocycles. The van der Waals surface area contributed by atoms with E-state index >= 15 is 0 Å². The molecule has 0 spiro atoms. The predicted molar refractivity (Wildman–Crippen MR) is 107 cm³/mol. The summed E-state index contributed by atoms with van der Waals surface area (Å²) in [5.74, 6) is 0. The lowest BCUT2D eigenvalue weighted by molar-refractivity contribution is 1.42. The largest absolute Gasteiger partial charge is 0.244 e. The third-order valence-electron chi connectivity index (χ3n) is 4.33. The Labute approximate surface area is 154 Å². The second-order valence-electron chi connectivity index (χ2n) is 5.82. The highest BCUT2D eigenvalue weighted by atomic mass is 79.9. The Balaban J connectivity index is 1.98. The highest BCUT2D eigenvalue weighted by Gasteiger charge is 2.09. The summed E-state index contributed by atoms with van der Waals surface area (Å²) in [4.78, 5) is 9.84. The SMILES string of the molecule is Brc1ccc2c(ccc3nc4ccc5cc(Br)ccc5c4nc32)c1. The third-order valence-corrected chi connectivity index (χ3v) is 5.32. The molecule has 0 bridgehead atoms. The summed E-state index contributed by atoms with van der Waals surface area (Å²) in [7, 11) is 0. The molecule has 5 aromatic rings. The van der Waals surface area contributed by atoms with Crippen molar-refractivity contribution in [1.29, 1.82) is 0 Å². The summed E-state index contributed by atoms with van der Waals surface area (Å²) in [5.41, 5.74) is 3.74. The molecule has 0 amide bonds. The molecule has 4 aromatic carbocycles. The maximum Gasteiger partial charge on any atom is 0.0973 e. The van der Waals surface area contributed by atoms with E-state index in [9.17, 15) is 0 Å². The number of benzene rings is 4. The van der Waals surface area contributed by atoms with E-state index < -0.39 is 0 Å². The van der Waals surface area contributed by atoms with E-state index in [0.29, 0.717) is 0 Å². The van der Waals surface area contributed by atoms with Gasteiger partial charge in [0.1, 0.15) is 0 Å². The fourth-order valence-electron chi connectivity index (χ4n) is 3.20. The molecule has 0 saturated carbocycles. The molecule has 5 rings (SSSR count). The van der Waals surface area contributed by atoms with Gasteiger partial charge in [-0.3, -0.25) is 0 Å². The van der Waals surface area contributed by atoms with Gasteiger partial charge in [0.2, 0.25) is 0 Å². The average molecular weight is 438 g/mol. The maximum absolute atomic E-state index is 5.00. The molecular formula is C20H10Br2N2. The van der Waals surface area contributed by atoms with Crippen molar-refractivity contribution in [3.8, 4) is 0 Å². The van der Waals surface area contributed by atoms with E-state index in [1.807, 2.05) is 24.3 Å². The van der Waals surface area contributed by atoms with Crippen molar-refractivity contribution in [3.63, 3.8) is 0 Å². The molecule has 1 aromatic heterocycles. The van der Waals surface area contributed by atoms with Crippen LogP contribution in [0.5, 0.6) is 0 Å². The van der Waals surface area contributed by atoms with E-state index in [1.54, 1.807) is 0 Å². The Hall–Kier alpha value is -2.04. The zero-order valence-corrected chi connectivity index (χ0v) is 15.6. The monoisotopic (exact) mass is 436 g/mol. The maximum atomic E-state index is 5.00. The molecule has 0 unspecified atom stereocenters. The summed E-state index contributed by atoms with van der Waals surface area (Å²) in [6.45, 7) is 0. The van der Waals surface area contributed by atoms with Crippen molar-refractivity contribution in [2.24, 2.45) is 0 Å². The first-order chi connectivity index (χ1) is 11.7. The number of hydrogen-bond acceptors (Lipinski definition) is 2. The van der Waals surface area contributed by atoms with Gasteiger partial charge >= 0.3 is 0 Å². The first-order valence-electron chi connectivity index (χ1n) is 7.57. The Morgan fingerprint density at radius 3 is 1.54 bits per heavy atom. The highest BCUT2D eigenvalue weighted by Crippen LogP contribution is 2.30. The Kier molecular flexibility index (Phi) is 3.12. The van der Waals surface area contributed by atoms with Crippen LogP contribution in [0.1, 0.15) is 0 Å². The second-order valence-corrected chi connectivity index (χ2v) is 7.65. The van der Waals surface area contributed by atoms with Gasteiger partial charge in [-0.05, 0) is 47.2 Å². The number of fused-ring (bicyclic) bond motifs is 6. The Bertz CT molecular complexity index is 1180. The summed E-state index contributed by atoms with van der Waals surface area (Å²) in [6, 6.07) is 20.8. The molecule has 2 nitrogen and oxygen atoms in total. The molecule has 0 aliphatic carbocycles. The molecular weight excluding hydrogens is 428 g/mol. The lowest BCUT2D eigenvalue weighted by Gasteiger charge is -2.08. The topological polar surface area (TPSA) is 25.8 Å². The minimum Gasteiger partial charge on any atom is -0.244 e. The Morgan fingerprint density at radius 1 is 0.542 bits per heavy atom. The van der Waals surface area contributed by atoms with Crippen LogP contribution < -0.4 is 0 Å². The normalized spacial score (nSPS) is 11.8. The molecule has 0 fully saturated rings. The van der Waals surface area contributed by atoms with Crippen LogP contribution in [0, 0.1) is 0 Å². The van der Waals surface area contributed by atoms with Crippen LogP contribution in [0.25, 0.3) is 43.6 Å². The minimum absolute atomic E-state index is 0.925. The summed E-state index contributed by atoms with van der Waals surface area (Å²) in [6.07, 6.45) is 0. The van der Waals surface area contributed by atoms with E-state index in [-0.39, 0.29) is 0 Å². The van der Waals surface area contributed by atoms with Gasteiger partial charge in [-0.15, -0.1) is 0 Å². The number of halogens is 2. The number of nitrogens with zero attached hydrogens (tertiary/aromatic N) is 2. The van der Waals surface area contributed by atoms with Gasteiger partial charge in [-0.1, -0.05) is 56.1 Å². The standard InChI is InChI=1S/C20H10Br2N2/c21-13-3-5-15-11(9-13)1-7-17-19(15)24-20-16-6-4-14(22)10-12(16)2-8-18(20)23-17/h1-10H. The lowest BCUT2D eigenvalue weighted by Crippen LogP contribution is -1.90. The van der Waals surface area contributed by atoms with Crippen LogP contribution >= 0.6 is 31.9 Å². The molecule has 24 heavy (non-hydrogen) atoms. The molecule has 0 aliphatic rings. The Morgan fingerprint density at radius 2 is 1.04 bits per heavy atom. The molecule has 0 aliphatic heterocycles. The van der Waals surface area contributed by atoms with Crippen molar-refractivity contribution in [1.82, 2.24) is 9.97 Å². The zero-order chi connectivity index (χ0) is 16.3. The van der Waals surface area contributed by atoms with Gasteiger partial charge < -0.3 is 0 Å². The summed E-state index contributed by atoms with van der Waals surface area (Å²) >= 11 is 7.07. The number of hydrogen-bond donors (Lipinski definition) is 0. The van der Waals surface area contributed by atoms with Gasteiger partial charge in [0.05, 0.1) is 22.1 Å². The van der Waals surface area contributed by atoms with Crippen LogP contribution in [-0.2, 0) is 0 Å². The van der Waals surface area contributed by atoms with Crippen LogP contribution in [-0.4, -0.2) is 9.97 Å². The zero-order valence-electron chi connectivity index (χ0n) is 12.4. The lowest BCUT2D eigenvalue weighted by atomic mass is 10.1. The van der Waals surface area contributed by atoms with E-state index in [1.165, 1.54) is 0 Å². The number of aromatic nitrogens is 2. The predicted octanol–water partition coefficient (Wildman–Crippen LogP) is 6.61. The van der Waals surface area contributed by atoms with Crippen LogP contribution in [0.15, 0.2) is 69.6 Å². The van der Waals surface area contributed by atoms with E-state index in [2.05, 4.69) is 68.3 Å². The van der Waals surface area contributed by atoms with E-state index in [0.717, 1.165) is 52.6 Å². The van der Waals surface area contributed by atoms with E-state index in [4.69, 9.17) is 9.97 Å². The third kappa shape index (κ3) is 2.14. The van der Waals surface area contributed by atoms with Gasteiger partial charge in [-0.2, -0.15) is 0 Å². The first-order valence-corrected chi connectivity index (χ1v) is 9.16. The van der Waals surface area contributed by atoms with Crippen molar-refractivity contribution in [2.45, 2.75) is 0 Å². The molecule has 114 valence electrons. The fourth-order valence-corrected chi connectivity index (χ4v) is 3.96. The second kappa shape index (κ2) is 5.23. The molecule has 0 atom stereocenters. The number of rotatable bonds is 0. The van der Waals surface area contributed by atoms with Crippen LogP contribution in [0.2, 0.25) is 0 Å².